The molecular formula is C33H29F6N3O3. The number of nitrogens with zero attached hydrogens (tertiary/aromatic N) is 3. The van der Waals surface area contributed by atoms with Crippen LogP contribution in [-0.4, -0.2) is 40.9 Å². The van der Waals surface area contributed by atoms with Crippen LogP contribution in [0.4, 0.5) is 26.3 Å². The van der Waals surface area contributed by atoms with Crippen molar-refractivity contribution < 1.29 is 40.6 Å². The molecule has 1 fully saturated rings. The summed E-state index contributed by atoms with van der Waals surface area (Å²) in [5, 5.41) is 3.76. The normalized spacial score (nSPS) is 18.5. The highest BCUT2D eigenvalue weighted by atomic mass is 19.3. The lowest BCUT2D eigenvalue weighted by atomic mass is 9.87. The molecule has 2 aromatic carbocycles. The second kappa shape index (κ2) is 12.3. The average molecular weight is 630 g/mol. The van der Waals surface area contributed by atoms with Crippen molar-refractivity contribution in [1.29, 1.82) is 0 Å². The second-order valence-electron chi connectivity index (χ2n) is 11.4. The van der Waals surface area contributed by atoms with Gasteiger partial charge in [-0.2, -0.15) is 13.9 Å². The van der Waals surface area contributed by atoms with E-state index in [-0.39, 0.29) is 30.4 Å². The number of ether oxygens (including phenoxy) is 2. The molecule has 1 saturated carbocycles. The van der Waals surface area contributed by atoms with Gasteiger partial charge in [0.25, 0.3) is 12.3 Å². The molecule has 6 rings (SSSR count). The molecule has 0 bridgehead atoms. The van der Waals surface area contributed by atoms with Crippen molar-refractivity contribution >= 4 is 5.78 Å². The summed E-state index contributed by atoms with van der Waals surface area (Å²) in [5.41, 5.74) is 0.580. The van der Waals surface area contributed by atoms with Crippen LogP contribution in [-0.2, 0) is 28.4 Å². The standard InChI is InChI=1S/C33H29F6N3O3/c1-44-9-10-45-24-6-4-19(5-7-24)25-3-2-8-40-29(25)20(11-18-12-21(34)15-22(35)13-18)14-23(43)17-42-31-28(30(41-42)32(36)37)26-16-27(26)33(31,38)39/h2-8,12-13,15,20,26-27,32H,9-11,14,16-17H2,1H3/t20-,26?,27?/m1/s1. The summed E-state index contributed by atoms with van der Waals surface area (Å²) in [6.07, 6.45) is -1.73. The van der Waals surface area contributed by atoms with Crippen molar-refractivity contribution in [2.75, 3.05) is 20.3 Å². The van der Waals surface area contributed by atoms with E-state index in [0.29, 0.717) is 34.9 Å². The molecule has 0 aliphatic heterocycles. The van der Waals surface area contributed by atoms with Crippen LogP contribution >= 0.6 is 0 Å². The molecule has 2 aromatic heterocycles. The number of hydrogen-bond acceptors (Lipinski definition) is 5. The fourth-order valence-electron chi connectivity index (χ4n) is 6.32. The number of fused-ring (bicyclic) bond motifs is 3. The third-order valence-electron chi connectivity index (χ3n) is 8.32. The number of pyridine rings is 1. The maximum Gasteiger partial charge on any atom is 0.293 e. The van der Waals surface area contributed by atoms with E-state index in [1.54, 1.807) is 43.5 Å². The summed E-state index contributed by atoms with van der Waals surface area (Å²) in [7, 11) is 1.56. The Hall–Kier alpha value is -4.19. The van der Waals surface area contributed by atoms with E-state index in [9.17, 15) is 22.4 Å². The van der Waals surface area contributed by atoms with Crippen LogP contribution in [0.25, 0.3) is 11.1 Å². The van der Waals surface area contributed by atoms with Crippen molar-refractivity contribution in [3.8, 4) is 16.9 Å². The first kappa shape index (κ1) is 30.8. The molecule has 2 aliphatic carbocycles. The number of benzene rings is 2. The molecule has 6 nitrogen and oxygen atoms in total. The first-order valence-electron chi connectivity index (χ1n) is 14.5. The maximum absolute atomic E-state index is 15.1. The molecule has 3 atom stereocenters. The number of ketones is 1. The van der Waals surface area contributed by atoms with E-state index in [4.69, 9.17) is 9.47 Å². The Morgan fingerprint density at radius 2 is 1.78 bits per heavy atom. The molecule has 0 radical (unpaired) electrons. The van der Waals surface area contributed by atoms with E-state index in [2.05, 4.69) is 10.1 Å². The molecule has 12 heteroatoms. The van der Waals surface area contributed by atoms with Gasteiger partial charge in [0.1, 0.15) is 41.9 Å². The van der Waals surface area contributed by atoms with E-state index >= 15 is 8.78 Å². The molecule has 2 heterocycles. The summed E-state index contributed by atoms with van der Waals surface area (Å²) in [4.78, 5) is 18.1. The van der Waals surface area contributed by atoms with E-state index in [1.165, 1.54) is 6.20 Å². The predicted molar refractivity (Wildman–Crippen MR) is 151 cm³/mol. The third kappa shape index (κ3) is 6.20. The number of aromatic nitrogens is 3. The monoisotopic (exact) mass is 629 g/mol. The summed E-state index contributed by atoms with van der Waals surface area (Å²) in [6, 6.07) is 13.6. The van der Waals surface area contributed by atoms with Gasteiger partial charge in [-0.3, -0.25) is 14.5 Å². The van der Waals surface area contributed by atoms with Crippen LogP contribution in [0.3, 0.4) is 0 Å². The van der Waals surface area contributed by atoms with Gasteiger partial charge in [-0.05, 0) is 60.2 Å². The zero-order valence-electron chi connectivity index (χ0n) is 24.2. The number of Topliss-reactive ketones (excluding diaryl/α,β-unsaturated/α-hetero) is 1. The fourth-order valence-corrected chi connectivity index (χ4v) is 6.32. The maximum atomic E-state index is 15.1. The minimum absolute atomic E-state index is 0.0115. The molecule has 2 unspecified atom stereocenters. The van der Waals surface area contributed by atoms with Gasteiger partial charge in [-0.1, -0.05) is 18.2 Å². The molecule has 4 aromatic rings. The van der Waals surface area contributed by atoms with Crippen molar-refractivity contribution in [1.82, 2.24) is 14.8 Å². The minimum Gasteiger partial charge on any atom is -0.491 e. The van der Waals surface area contributed by atoms with Gasteiger partial charge in [-0.15, -0.1) is 0 Å². The number of carbonyl (C=O) groups is 1. The SMILES string of the molecule is COCCOc1ccc(-c2cccnc2[C@@H](CC(=O)Cn2nc(C(F)F)c3c2C(F)(F)C2CC32)Cc2cc(F)cc(F)c2)cc1. The van der Waals surface area contributed by atoms with Crippen molar-refractivity contribution in [2.45, 2.75) is 50.0 Å². The summed E-state index contributed by atoms with van der Waals surface area (Å²) in [6.45, 7) is 0.107. The van der Waals surface area contributed by atoms with Gasteiger partial charge in [0.05, 0.1) is 12.3 Å². The largest absolute Gasteiger partial charge is 0.491 e. The van der Waals surface area contributed by atoms with Crippen molar-refractivity contribution in [2.24, 2.45) is 5.92 Å². The lowest BCUT2D eigenvalue weighted by Crippen LogP contribution is -2.24. The van der Waals surface area contributed by atoms with Crippen LogP contribution in [0.1, 0.15) is 59.3 Å². The molecule has 0 amide bonds. The molecule has 0 saturated heterocycles. The Balaban J connectivity index is 1.31. The topological polar surface area (TPSA) is 66.2 Å². The van der Waals surface area contributed by atoms with Crippen LogP contribution in [0, 0.1) is 17.6 Å². The molecule has 0 N–H and O–H groups in total. The van der Waals surface area contributed by atoms with Gasteiger partial charge in [0.2, 0.25) is 0 Å². The van der Waals surface area contributed by atoms with Crippen molar-refractivity contribution in [3.05, 3.63) is 101 Å². The molecule has 236 valence electrons. The van der Waals surface area contributed by atoms with Gasteiger partial charge >= 0.3 is 0 Å². The predicted octanol–water partition coefficient (Wildman–Crippen LogP) is 7.38. The first-order chi connectivity index (χ1) is 21.6. The highest BCUT2D eigenvalue weighted by Gasteiger charge is 2.67. The van der Waals surface area contributed by atoms with Crippen molar-refractivity contribution in [3.63, 3.8) is 0 Å². The zero-order valence-corrected chi connectivity index (χ0v) is 24.2. The number of rotatable bonds is 13. The van der Waals surface area contributed by atoms with Gasteiger partial charge in [-0.25, -0.2) is 17.6 Å². The van der Waals surface area contributed by atoms with E-state index in [0.717, 1.165) is 23.8 Å². The number of halogens is 6. The van der Waals surface area contributed by atoms with Crippen LogP contribution in [0.15, 0.2) is 60.8 Å². The van der Waals surface area contributed by atoms with Gasteiger partial charge < -0.3 is 9.47 Å². The Labute approximate surface area is 255 Å². The lowest BCUT2D eigenvalue weighted by Gasteiger charge is -2.21. The smallest absolute Gasteiger partial charge is 0.293 e. The lowest BCUT2D eigenvalue weighted by molar-refractivity contribution is -0.120. The van der Waals surface area contributed by atoms with E-state index < -0.39 is 65.5 Å². The third-order valence-corrected chi connectivity index (χ3v) is 8.32. The minimum atomic E-state index is -3.37. The number of hydrogen-bond donors (Lipinski definition) is 0. The summed E-state index contributed by atoms with van der Waals surface area (Å²) in [5.74, 6) is -7.43. The summed E-state index contributed by atoms with van der Waals surface area (Å²) < 4.78 is 97.4. The molecular weight excluding hydrogens is 600 g/mol. The number of methoxy groups -OCH3 is 1. The van der Waals surface area contributed by atoms with Crippen LogP contribution in [0.2, 0.25) is 0 Å². The van der Waals surface area contributed by atoms with Crippen LogP contribution < -0.4 is 4.74 Å². The Morgan fingerprint density at radius 1 is 1.04 bits per heavy atom. The molecule has 2 aliphatic rings. The van der Waals surface area contributed by atoms with Gasteiger partial charge in [0, 0.05) is 48.8 Å². The molecule has 45 heavy (non-hydrogen) atoms. The number of carbonyl (C=O) groups excluding carboxylic acids is 1. The van der Waals surface area contributed by atoms with Gasteiger partial charge in [0.15, 0.2) is 5.78 Å². The zero-order chi connectivity index (χ0) is 31.9. The highest BCUT2D eigenvalue weighted by molar-refractivity contribution is 5.80. The van der Waals surface area contributed by atoms with E-state index in [1.807, 2.05) is 0 Å². The second-order valence-corrected chi connectivity index (χ2v) is 11.4. The van der Waals surface area contributed by atoms with Crippen LogP contribution in [0.5, 0.6) is 5.75 Å². The Bertz CT molecular complexity index is 1690. The quantitative estimate of drug-likeness (QED) is 0.114. The summed E-state index contributed by atoms with van der Waals surface area (Å²) >= 11 is 0. The Kier molecular flexibility index (Phi) is 8.43. The average Bonchev–Trinajstić information content (AvgIpc) is 3.65. The Morgan fingerprint density at radius 3 is 2.47 bits per heavy atom. The fraction of sp³-hybridized carbons (Fsp3) is 0.364. The number of alkyl halides is 4. The first-order valence-corrected chi connectivity index (χ1v) is 14.5. The molecule has 0 spiro atoms. The highest BCUT2D eigenvalue weighted by Crippen LogP contribution is 2.68.